The van der Waals surface area contributed by atoms with Crippen molar-refractivity contribution < 1.29 is 0 Å². The van der Waals surface area contributed by atoms with Gasteiger partial charge in [-0.3, -0.25) is 0 Å². The molecule has 0 aliphatic heterocycles. The average Bonchev–Trinajstić information content (AvgIpc) is 1.85. The molecule has 0 aromatic carbocycles. The molecule has 1 saturated carbocycles. The molecule has 0 bridgehead atoms. The predicted octanol–water partition coefficient (Wildman–Crippen LogP) is 2.86. The molecule has 0 N–H and O–H groups in total. The molecule has 0 heterocycles. The van der Waals surface area contributed by atoms with Gasteiger partial charge in [0, 0.05) is 3.92 Å². The third kappa shape index (κ3) is 1.36. The SMILES string of the molecule is CC1CC(I)CC1C. The molecule has 8 heavy (non-hydrogen) atoms. The van der Waals surface area contributed by atoms with Crippen molar-refractivity contribution in [3.63, 3.8) is 0 Å². The van der Waals surface area contributed by atoms with Gasteiger partial charge in [0.1, 0.15) is 0 Å². The molecule has 0 spiro atoms. The van der Waals surface area contributed by atoms with E-state index in [2.05, 4.69) is 36.4 Å². The molecule has 1 rings (SSSR count). The summed E-state index contributed by atoms with van der Waals surface area (Å²) in [7, 11) is 0. The van der Waals surface area contributed by atoms with E-state index in [4.69, 9.17) is 0 Å². The van der Waals surface area contributed by atoms with Gasteiger partial charge in [-0.05, 0) is 24.7 Å². The van der Waals surface area contributed by atoms with Crippen LogP contribution < -0.4 is 0 Å². The molecule has 0 aromatic rings. The largest absolute Gasteiger partial charge is 0.0826 e. The first kappa shape index (κ1) is 6.84. The lowest BCUT2D eigenvalue weighted by Gasteiger charge is -2.04. The van der Waals surface area contributed by atoms with Gasteiger partial charge in [0.2, 0.25) is 0 Å². The van der Waals surface area contributed by atoms with E-state index in [0.29, 0.717) is 0 Å². The van der Waals surface area contributed by atoms with Crippen LogP contribution in [0.1, 0.15) is 26.7 Å². The fourth-order valence-corrected chi connectivity index (χ4v) is 2.97. The molecule has 0 saturated heterocycles. The van der Waals surface area contributed by atoms with Gasteiger partial charge in [0.05, 0.1) is 0 Å². The van der Waals surface area contributed by atoms with E-state index in [0.717, 1.165) is 15.8 Å². The maximum atomic E-state index is 2.56. The first-order valence-electron chi connectivity index (χ1n) is 3.34. The summed E-state index contributed by atoms with van der Waals surface area (Å²) >= 11 is 2.56. The Hall–Kier alpha value is 0.730. The summed E-state index contributed by atoms with van der Waals surface area (Å²) in [6.07, 6.45) is 2.89. The van der Waals surface area contributed by atoms with Crippen LogP contribution in [0.25, 0.3) is 0 Å². The molecule has 0 amide bonds. The van der Waals surface area contributed by atoms with Gasteiger partial charge >= 0.3 is 0 Å². The van der Waals surface area contributed by atoms with Crippen molar-refractivity contribution in [2.45, 2.75) is 30.6 Å². The summed E-state index contributed by atoms with van der Waals surface area (Å²) in [5, 5.41) is 0. The van der Waals surface area contributed by atoms with E-state index < -0.39 is 0 Å². The van der Waals surface area contributed by atoms with Crippen LogP contribution in [0.3, 0.4) is 0 Å². The van der Waals surface area contributed by atoms with E-state index >= 15 is 0 Å². The first-order valence-corrected chi connectivity index (χ1v) is 4.58. The lowest BCUT2D eigenvalue weighted by Crippen LogP contribution is -1.95. The van der Waals surface area contributed by atoms with Crippen molar-refractivity contribution in [2.24, 2.45) is 11.8 Å². The second-order valence-corrected chi connectivity index (χ2v) is 4.78. The molecule has 1 aliphatic carbocycles. The minimum atomic E-state index is 0.970. The quantitative estimate of drug-likeness (QED) is 0.438. The minimum absolute atomic E-state index is 0.970. The highest BCUT2D eigenvalue weighted by Gasteiger charge is 2.25. The summed E-state index contributed by atoms with van der Waals surface area (Å²) < 4.78 is 0.970. The zero-order chi connectivity index (χ0) is 6.15. The van der Waals surface area contributed by atoms with Crippen molar-refractivity contribution in [1.82, 2.24) is 0 Å². The molecule has 2 atom stereocenters. The van der Waals surface area contributed by atoms with Crippen LogP contribution in [-0.2, 0) is 0 Å². The summed E-state index contributed by atoms with van der Waals surface area (Å²) in [5.41, 5.74) is 0. The normalized spacial score (nSPS) is 47.6. The third-order valence-electron chi connectivity index (χ3n) is 2.23. The fraction of sp³-hybridized carbons (Fsp3) is 1.00. The second-order valence-electron chi connectivity index (χ2n) is 3.02. The number of rotatable bonds is 0. The van der Waals surface area contributed by atoms with Gasteiger partial charge in [-0.25, -0.2) is 0 Å². The fourth-order valence-electron chi connectivity index (χ4n) is 1.37. The van der Waals surface area contributed by atoms with Gasteiger partial charge in [-0.15, -0.1) is 0 Å². The first-order chi connectivity index (χ1) is 3.70. The van der Waals surface area contributed by atoms with Crippen LogP contribution in [0, 0.1) is 11.8 Å². The topological polar surface area (TPSA) is 0 Å². The molecule has 0 radical (unpaired) electrons. The summed E-state index contributed by atoms with van der Waals surface area (Å²) in [4.78, 5) is 0. The molecule has 0 aromatic heterocycles. The van der Waals surface area contributed by atoms with Crippen LogP contribution in [0.15, 0.2) is 0 Å². The Labute approximate surface area is 65.2 Å². The van der Waals surface area contributed by atoms with Crippen LogP contribution in [-0.4, -0.2) is 3.92 Å². The summed E-state index contributed by atoms with van der Waals surface area (Å²) in [6.45, 7) is 4.73. The molecule has 2 unspecified atom stereocenters. The van der Waals surface area contributed by atoms with Crippen LogP contribution in [0.4, 0.5) is 0 Å². The van der Waals surface area contributed by atoms with E-state index in [1.165, 1.54) is 12.8 Å². The van der Waals surface area contributed by atoms with Crippen molar-refractivity contribution in [2.75, 3.05) is 0 Å². The average molecular weight is 224 g/mol. The lowest BCUT2D eigenvalue weighted by atomic mass is 10.0. The molecular formula is C7H13I. The van der Waals surface area contributed by atoms with Gasteiger partial charge in [0.15, 0.2) is 0 Å². The maximum absolute atomic E-state index is 2.56. The second kappa shape index (κ2) is 2.54. The van der Waals surface area contributed by atoms with Crippen molar-refractivity contribution in [3.05, 3.63) is 0 Å². The van der Waals surface area contributed by atoms with Gasteiger partial charge < -0.3 is 0 Å². The van der Waals surface area contributed by atoms with E-state index in [1.54, 1.807) is 0 Å². The molecular weight excluding hydrogens is 211 g/mol. The van der Waals surface area contributed by atoms with Gasteiger partial charge in [-0.2, -0.15) is 0 Å². The molecule has 1 heteroatoms. The number of hydrogen-bond donors (Lipinski definition) is 0. The Balaban J connectivity index is 2.39. The van der Waals surface area contributed by atoms with E-state index in [9.17, 15) is 0 Å². The molecule has 48 valence electrons. The molecule has 1 aliphatic rings. The number of alkyl halides is 1. The molecule has 0 nitrogen and oxygen atoms in total. The highest BCUT2D eigenvalue weighted by atomic mass is 127. The minimum Gasteiger partial charge on any atom is -0.0826 e. The Bertz CT molecular complexity index is 70.5. The summed E-state index contributed by atoms with van der Waals surface area (Å²) in [6, 6.07) is 0. The molecule has 1 fully saturated rings. The Morgan fingerprint density at radius 1 is 1.12 bits per heavy atom. The Morgan fingerprint density at radius 3 is 1.62 bits per heavy atom. The van der Waals surface area contributed by atoms with Crippen LogP contribution >= 0.6 is 22.6 Å². The van der Waals surface area contributed by atoms with E-state index in [1.807, 2.05) is 0 Å². The Morgan fingerprint density at radius 2 is 1.50 bits per heavy atom. The monoisotopic (exact) mass is 224 g/mol. The predicted molar refractivity (Wildman–Crippen MR) is 45.4 cm³/mol. The van der Waals surface area contributed by atoms with Gasteiger partial charge in [0.25, 0.3) is 0 Å². The lowest BCUT2D eigenvalue weighted by molar-refractivity contribution is 0.457. The highest BCUT2D eigenvalue weighted by Crippen LogP contribution is 2.35. The number of halogens is 1. The van der Waals surface area contributed by atoms with Crippen molar-refractivity contribution >= 4 is 22.6 Å². The zero-order valence-electron chi connectivity index (χ0n) is 5.52. The van der Waals surface area contributed by atoms with Crippen LogP contribution in [0.5, 0.6) is 0 Å². The summed E-state index contributed by atoms with van der Waals surface area (Å²) in [5.74, 6) is 1.97. The highest BCUT2D eigenvalue weighted by molar-refractivity contribution is 14.1. The van der Waals surface area contributed by atoms with Crippen molar-refractivity contribution in [1.29, 1.82) is 0 Å². The number of hydrogen-bond acceptors (Lipinski definition) is 0. The zero-order valence-corrected chi connectivity index (χ0v) is 7.68. The Kier molecular flexibility index (Phi) is 2.18. The third-order valence-corrected chi connectivity index (χ3v) is 3.24. The van der Waals surface area contributed by atoms with Gasteiger partial charge in [-0.1, -0.05) is 36.4 Å². The van der Waals surface area contributed by atoms with Crippen molar-refractivity contribution in [3.8, 4) is 0 Å². The standard InChI is InChI=1S/C7H13I/c1-5-3-7(8)4-6(5)2/h5-7H,3-4H2,1-2H3. The maximum Gasteiger partial charge on any atom is 0.0115 e. The van der Waals surface area contributed by atoms with Crippen LogP contribution in [0.2, 0.25) is 0 Å². The smallest absolute Gasteiger partial charge is 0.0115 e. The van der Waals surface area contributed by atoms with E-state index in [-0.39, 0.29) is 0 Å².